The lowest BCUT2D eigenvalue weighted by Gasteiger charge is -2.10. The zero-order valence-corrected chi connectivity index (χ0v) is 14.9. The third-order valence-corrected chi connectivity index (χ3v) is 4.89. The molecule has 122 valence electrons. The third-order valence-electron chi connectivity index (χ3n) is 4.11. The Kier molecular flexibility index (Phi) is 4.76. The Morgan fingerprint density at radius 2 is 1.83 bits per heavy atom. The minimum Gasteiger partial charge on any atom is -0.326 e. The first-order valence-corrected chi connectivity index (χ1v) is 8.78. The number of hydrogen-bond donors (Lipinski definition) is 1. The molecule has 1 N–H and O–H groups in total. The normalized spacial score (nSPS) is 10.6. The fraction of sp³-hybridized carbons (Fsp3) is 0.200. The molecule has 24 heavy (non-hydrogen) atoms. The quantitative estimate of drug-likeness (QED) is 0.735. The van der Waals surface area contributed by atoms with E-state index in [1.54, 1.807) is 11.3 Å². The molecule has 0 unspecified atom stereocenters. The maximum absolute atomic E-state index is 12.3. The maximum Gasteiger partial charge on any atom is 0.228 e. The zero-order valence-electron chi connectivity index (χ0n) is 14.1. The highest BCUT2D eigenvalue weighted by Gasteiger charge is 2.08. The summed E-state index contributed by atoms with van der Waals surface area (Å²) in [6.07, 6.45) is 0.365. The summed E-state index contributed by atoms with van der Waals surface area (Å²) in [6, 6.07) is 14.0. The van der Waals surface area contributed by atoms with Crippen LogP contribution in [0.5, 0.6) is 0 Å². The van der Waals surface area contributed by atoms with Crippen LogP contribution in [-0.4, -0.2) is 10.9 Å². The molecule has 0 saturated heterocycles. The smallest absolute Gasteiger partial charge is 0.228 e. The number of rotatable bonds is 4. The van der Waals surface area contributed by atoms with Crippen LogP contribution in [0.25, 0.3) is 11.3 Å². The van der Waals surface area contributed by atoms with Gasteiger partial charge in [0, 0.05) is 16.6 Å². The Hall–Kier alpha value is -2.46. The van der Waals surface area contributed by atoms with Crippen LogP contribution in [0.4, 0.5) is 5.69 Å². The van der Waals surface area contributed by atoms with Crippen molar-refractivity contribution in [3.05, 3.63) is 69.5 Å². The Bertz CT molecular complexity index is 866. The molecule has 4 heteroatoms. The van der Waals surface area contributed by atoms with Crippen molar-refractivity contribution in [3.8, 4) is 11.3 Å². The number of thiazole rings is 1. The lowest BCUT2D eigenvalue weighted by Crippen LogP contribution is -2.15. The topological polar surface area (TPSA) is 42.0 Å². The summed E-state index contributed by atoms with van der Waals surface area (Å²) in [5, 5.41) is 6.11. The standard InChI is InChI=1S/C20H20N2OS/c1-13-5-4-6-18(14(13)2)22-20(23)11-16-7-9-17(10-8-16)19-12-24-15(3)21-19/h4-10,12H,11H2,1-3H3,(H,22,23). The summed E-state index contributed by atoms with van der Waals surface area (Å²) in [4.78, 5) is 16.8. The van der Waals surface area contributed by atoms with Gasteiger partial charge in [-0.05, 0) is 43.5 Å². The van der Waals surface area contributed by atoms with Gasteiger partial charge in [-0.3, -0.25) is 4.79 Å². The third kappa shape index (κ3) is 3.71. The molecule has 1 amide bonds. The van der Waals surface area contributed by atoms with E-state index in [4.69, 9.17) is 0 Å². The molecule has 1 heterocycles. The van der Waals surface area contributed by atoms with Crippen molar-refractivity contribution in [2.75, 3.05) is 5.32 Å². The molecule has 0 aliphatic rings. The first-order chi connectivity index (χ1) is 11.5. The number of nitrogens with zero attached hydrogens (tertiary/aromatic N) is 1. The van der Waals surface area contributed by atoms with Crippen molar-refractivity contribution in [3.63, 3.8) is 0 Å². The molecule has 3 aromatic rings. The van der Waals surface area contributed by atoms with E-state index in [2.05, 4.69) is 15.7 Å². The first-order valence-electron chi connectivity index (χ1n) is 7.90. The van der Waals surface area contributed by atoms with Crippen molar-refractivity contribution in [1.82, 2.24) is 4.98 Å². The number of carbonyl (C=O) groups excluding carboxylic acids is 1. The summed E-state index contributed by atoms with van der Waals surface area (Å²) >= 11 is 1.64. The molecule has 0 atom stereocenters. The molecule has 0 saturated carbocycles. The molecule has 0 aliphatic heterocycles. The molecule has 0 aliphatic carbocycles. The van der Waals surface area contributed by atoms with Crippen LogP contribution < -0.4 is 5.32 Å². The number of carbonyl (C=O) groups is 1. The lowest BCUT2D eigenvalue weighted by molar-refractivity contribution is -0.115. The zero-order chi connectivity index (χ0) is 17.1. The van der Waals surface area contributed by atoms with Crippen molar-refractivity contribution in [2.24, 2.45) is 0 Å². The van der Waals surface area contributed by atoms with Crippen LogP contribution in [0.15, 0.2) is 47.8 Å². The molecule has 0 fully saturated rings. The monoisotopic (exact) mass is 336 g/mol. The maximum atomic E-state index is 12.3. The Balaban J connectivity index is 1.67. The Morgan fingerprint density at radius 1 is 1.08 bits per heavy atom. The molecule has 3 rings (SSSR count). The number of hydrogen-bond acceptors (Lipinski definition) is 3. The van der Waals surface area contributed by atoms with Gasteiger partial charge in [-0.2, -0.15) is 0 Å². The highest BCUT2D eigenvalue weighted by Crippen LogP contribution is 2.22. The van der Waals surface area contributed by atoms with Crippen LogP contribution in [0, 0.1) is 20.8 Å². The van der Waals surface area contributed by atoms with E-state index in [9.17, 15) is 4.79 Å². The molecule has 0 radical (unpaired) electrons. The number of aryl methyl sites for hydroxylation is 2. The highest BCUT2D eigenvalue weighted by molar-refractivity contribution is 7.09. The first kappa shape index (κ1) is 16.4. The minimum absolute atomic E-state index is 0.000882. The lowest BCUT2D eigenvalue weighted by atomic mass is 10.1. The van der Waals surface area contributed by atoms with Crippen LogP contribution in [0.3, 0.4) is 0 Å². The van der Waals surface area contributed by atoms with Crippen LogP contribution >= 0.6 is 11.3 Å². The average molecular weight is 336 g/mol. The molecular formula is C20H20N2OS. The van der Waals surface area contributed by atoms with E-state index in [0.717, 1.165) is 33.1 Å². The number of amides is 1. The predicted molar refractivity (Wildman–Crippen MR) is 101 cm³/mol. The summed E-state index contributed by atoms with van der Waals surface area (Å²) in [7, 11) is 0. The van der Waals surface area contributed by atoms with E-state index < -0.39 is 0 Å². The van der Waals surface area contributed by atoms with E-state index in [1.807, 2.05) is 63.2 Å². The van der Waals surface area contributed by atoms with Crippen LogP contribution in [-0.2, 0) is 11.2 Å². The number of anilines is 1. The SMILES string of the molecule is Cc1nc(-c2ccc(CC(=O)Nc3cccc(C)c3C)cc2)cs1. The second kappa shape index (κ2) is 6.97. The Labute approximate surface area is 146 Å². The van der Waals surface area contributed by atoms with Gasteiger partial charge in [0.25, 0.3) is 0 Å². The molecule has 1 aromatic heterocycles. The summed E-state index contributed by atoms with van der Waals surface area (Å²) in [6.45, 7) is 6.07. The minimum atomic E-state index is 0.000882. The van der Waals surface area contributed by atoms with Gasteiger partial charge in [0.2, 0.25) is 5.91 Å². The van der Waals surface area contributed by atoms with Gasteiger partial charge in [-0.25, -0.2) is 4.98 Å². The van der Waals surface area contributed by atoms with E-state index in [-0.39, 0.29) is 5.91 Å². The van der Waals surface area contributed by atoms with Gasteiger partial charge in [0.05, 0.1) is 17.1 Å². The van der Waals surface area contributed by atoms with Gasteiger partial charge in [-0.1, -0.05) is 36.4 Å². The Morgan fingerprint density at radius 3 is 2.50 bits per heavy atom. The van der Waals surface area contributed by atoms with Crippen LogP contribution in [0.2, 0.25) is 0 Å². The van der Waals surface area contributed by atoms with Gasteiger partial charge in [0.1, 0.15) is 0 Å². The molecule has 0 bridgehead atoms. The molecule has 2 aromatic carbocycles. The van der Waals surface area contributed by atoms with Crippen molar-refractivity contribution < 1.29 is 4.79 Å². The van der Waals surface area contributed by atoms with Gasteiger partial charge in [-0.15, -0.1) is 11.3 Å². The second-order valence-corrected chi connectivity index (χ2v) is 6.98. The fourth-order valence-electron chi connectivity index (χ4n) is 2.56. The fourth-order valence-corrected chi connectivity index (χ4v) is 3.18. The molecule has 3 nitrogen and oxygen atoms in total. The van der Waals surface area contributed by atoms with Gasteiger partial charge in [0.15, 0.2) is 0 Å². The van der Waals surface area contributed by atoms with E-state index in [0.29, 0.717) is 6.42 Å². The number of aromatic nitrogens is 1. The summed E-state index contributed by atoms with van der Waals surface area (Å²) < 4.78 is 0. The van der Waals surface area contributed by atoms with Gasteiger partial charge >= 0.3 is 0 Å². The van der Waals surface area contributed by atoms with Crippen LogP contribution in [0.1, 0.15) is 21.7 Å². The summed E-state index contributed by atoms with van der Waals surface area (Å²) in [5.41, 5.74) is 6.24. The predicted octanol–water partition coefficient (Wildman–Crippen LogP) is 4.92. The van der Waals surface area contributed by atoms with E-state index in [1.165, 1.54) is 5.56 Å². The largest absolute Gasteiger partial charge is 0.326 e. The van der Waals surface area contributed by atoms with Crippen molar-refractivity contribution in [2.45, 2.75) is 27.2 Å². The van der Waals surface area contributed by atoms with E-state index >= 15 is 0 Å². The number of nitrogens with one attached hydrogen (secondary N) is 1. The van der Waals surface area contributed by atoms with Gasteiger partial charge < -0.3 is 5.32 Å². The summed E-state index contributed by atoms with van der Waals surface area (Å²) in [5.74, 6) is 0.000882. The second-order valence-electron chi connectivity index (χ2n) is 5.92. The highest BCUT2D eigenvalue weighted by atomic mass is 32.1. The van der Waals surface area contributed by atoms with Crippen molar-refractivity contribution in [1.29, 1.82) is 0 Å². The average Bonchev–Trinajstić information content (AvgIpc) is 2.99. The molecular weight excluding hydrogens is 316 g/mol. The van der Waals surface area contributed by atoms with Crippen molar-refractivity contribution >= 4 is 22.9 Å². The number of benzene rings is 2. The molecule has 0 spiro atoms.